The molecule has 0 aromatic heterocycles. The van der Waals surface area contributed by atoms with Crippen molar-refractivity contribution < 1.29 is 18.0 Å². The van der Waals surface area contributed by atoms with Gasteiger partial charge in [0.05, 0.1) is 5.75 Å². The third-order valence-electron chi connectivity index (χ3n) is 3.50. The molecule has 2 amide bonds. The van der Waals surface area contributed by atoms with Gasteiger partial charge in [-0.2, -0.15) is 0 Å². The van der Waals surface area contributed by atoms with E-state index in [2.05, 4.69) is 5.32 Å². The average molecular weight is 290 g/mol. The first-order chi connectivity index (χ1) is 8.44. The highest BCUT2D eigenvalue weighted by Crippen LogP contribution is 2.25. The minimum Gasteiger partial charge on any atom is -0.340 e. The van der Waals surface area contributed by atoms with Gasteiger partial charge < -0.3 is 10.2 Å². The molecule has 1 saturated heterocycles. The van der Waals surface area contributed by atoms with E-state index in [0.29, 0.717) is 0 Å². The third kappa shape index (κ3) is 3.08. The topological polar surface area (TPSA) is 83.6 Å². The Hall–Kier alpha value is -1.11. The van der Waals surface area contributed by atoms with Crippen LogP contribution in [0, 0.1) is 0 Å². The lowest BCUT2D eigenvalue weighted by molar-refractivity contribution is -0.159. The van der Waals surface area contributed by atoms with Gasteiger partial charge in [0.15, 0.2) is 9.84 Å². The average Bonchev–Trinajstić information content (AvgIpc) is 2.26. The molecule has 1 aliphatic rings. The Labute approximate surface area is 114 Å². The van der Waals surface area contributed by atoms with E-state index in [0.717, 1.165) is 0 Å². The summed E-state index contributed by atoms with van der Waals surface area (Å²) >= 11 is 0. The molecule has 0 radical (unpaired) electrons. The second-order valence-electron chi connectivity index (χ2n) is 5.83. The van der Waals surface area contributed by atoms with E-state index in [1.54, 1.807) is 34.6 Å². The first kappa shape index (κ1) is 15.9. The van der Waals surface area contributed by atoms with Crippen LogP contribution in [-0.4, -0.2) is 54.3 Å². The molecule has 0 unspecified atom stereocenters. The molecular weight excluding hydrogens is 268 g/mol. The zero-order valence-electron chi connectivity index (χ0n) is 12.1. The number of piperazine rings is 1. The van der Waals surface area contributed by atoms with Crippen molar-refractivity contribution in [3.63, 3.8) is 0 Å². The predicted molar refractivity (Wildman–Crippen MR) is 72.3 cm³/mol. The molecule has 1 N–H and O–H groups in total. The molecule has 0 aliphatic carbocycles. The summed E-state index contributed by atoms with van der Waals surface area (Å²) < 4.78 is 23.1. The number of nitrogens with zero attached hydrogens (tertiary/aromatic N) is 1. The Balaban J connectivity index is 3.00. The molecule has 1 rings (SSSR count). The summed E-state index contributed by atoms with van der Waals surface area (Å²) in [7, 11) is -3.17. The second-order valence-corrected chi connectivity index (χ2v) is 8.30. The van der Waals surface area contributed by atoms with Gasteiger partial charge in [0.2, 0.25) is 11.8 Å². The van der Waals surface area contributed by atoms with E-state index in [-0.39, 0.29) is 29.9 Å². The molecule has 1 heterocycles. The van der Waals surface area contributed by atoms with Crippen LogP contribution in [0.1, 0.15) is 34.6 Å². The maximum Gasteiger partial charge on any atom is 0.248 e. The lowest BCUT2D eigenvalue weighted by Gasteiger charge is -2.47. The normalized spacial score (nSPS) is 22.3. The minimum atomic E-state index is -3.17. The van der Waals surface area contributed by atoms with Crippen molar-refractivity contribution in [3.05, 3.63) is 0 Å². The van der Waals surface area contributed by atoms with Crippen LogP contribution in [-0.2, 0) is 19.4 Å². The molecule has 1 aliphatic heterocycles. The number of hydrogen-bond acceptors (Lipinski definition) is 4. The molecule has 0 atom stereocenters. The van der Waals surface area contributed by atoms with Gasteiger partial charge in [0, 0.05) is 12.3 Å². The predicted octanol–water partition coefficient (Wildman–Crippen LogP) is -0.0633. The molecule has 0 aromatic rings. The zero-order valence-corrected chi connectivity index (χ0v) is 12.9. The minimum absolute atomic E-state index is 0.0328. The van der Waals surface area contributed by atoms with Crippen molar-refractivity contribution in [2.75, 3.05) is 18.1 Å². The lowest BCUT2D eigenvalue weighted by atomic mass is 9.90. The largest absolute Gasteiger partial charge is 0.340 e. The second kappa shape index (κ2) is 4.77. The lowest BCUT2D eigenvalue weighted by Crippen LogP contribution is -2.72. The number of carbonyl (C=O) groups is 2. The van der Waals surface area contributed by atoms with Gasteiger partial charge in [-0.1, -0.05) is 6.92 Å². The summed E-state index contributed by atoms with van der Waals surface area (Å²) in [5.41, 5.74) is -2.03. The van der Waals surface area contributed by atoms with Gasteiger partial charge in [-0.25, -0.2) is 8.42 Å². The maximum absolute atomic E-state index is 12.3. The van der Waals surface area contributed by atoms with Crippen molar-refractivity contribution in [2.45, 2.75) is 45.7 Å². The Kier molecular flexibility index (Phi) is 4.01. The van der Waals surface area contributed by atoms with Crippen LogP contribution >= 0.6 is 0 Å². The molecule has 19 heavy (non-hydrogen) atoms. The van der Waals surface area contributed by atoms with E-state index >= 15 is 0 Å². The smallest absolute Gasteiger partial charge is 0.248 e. The van der Waals surface area contributed by atoms with Gasteiger partial charge in [-0.15, -0.1) is 0 Å². The van der Waals surface area contributed by atoms with Crippen LogP contribution < -0.4 is 5.32 Å². The standard InChI is InChI=1S/C12H22N2O4S/c1-6-19(17,18)8-7-14-10(16)11(2,3)13-9(15)12(14,4)5/h6-8H2,1-5H3,(H,13,15). The summed E-state index contributed by atoms with van der Waals surface area (Å²) in [6.45, 7) is 8.07. The molecule has 1 fully saturated rings. The summed E-state index contributed by atoms with van der Waals surface area (Å²) in [5, 5.41) is 2.66. The fourth-order valence-corrected chi connectivity index (χ4v) is 2.71. The first-order valence-electron chi connectivity index (χ1n) is 6.29. The summed E-state index contributed by atoms with van der Waals surface area (Å²) in [4.78, 5) is 25.7. The SMILES string of the molecule is CCS(=O)(=O)CCN1C(=O)C(C)(C)NC(=O)C1(C)C. The number of sulfone groups is 1. The fourth-order valence-electron chi connectivity index (χ4n) is 1.96. The third-order valence-corrected chi connectivity index (χ3v) is 5.19. The van der Waals surface area contributed by atoms with Gasteiger partial charge in [0.1, 0.15) is 11.1 Å². The van der Waals surface area contributed by atoms with Crippen LogP contribution in [0.2, 0.25) is 0 Å². The van der Waals surface area contributed by atoms with Crippen molar-refractivity contribution in [1.82, 2.24) is 10.2 Å². The van der Waals surface area contributed by atoms with E-state index in [9.17, 15) is 18.0 Å². The molecule has 110 valence electrons. The Morgan fingerprint density at radius 3 is 2.16 bits per heavy atom. The summed E-state index contributed by atoms with van der Waals surface area (Å²) in [6.07, 6.45) is 0. The van der Waals surface area contributed by atoms with E-state index < -0.39 is 20.9 Å². The van der Waals surface area contributed by atoms with Gasteiger partial charge in [-0.05, 0) is 27.7 Å². The van der Waals surface area contributed by atoms with E-state index in [1.807, 2.05) is 0 Å². The number of rotatable bonds is 4. The highest BCUT2D eigenvalue weighted by atomic mass is 32.2. The van der Waals surface area contributed by atoms with Crippen molar-refractivity contribution in [3.8, 4) is 0 Å². The highest BCUT2D eigenvalue weighted by Gasteiger charge is 2.49. The van der Waals surface area contributed by atoms with Crippen molar-refractivity contribution in [1.29, 1.82) is 0 Å². The Bertz CT molecular complexity index is 494. The van der Waals surface area contributed by atoms with E-state index in [1.165, 1.54) is 4.90 Å². The fraction of sp³-hybridized carbons (Fsp3) is 0.833. The highest BCUT2D eigenvalue weighted by molar-refractivity contribution is 7.91. The number of hydrogen-bond donors (Lipinski definition) is 1. The first-order valence-corrected chi connectivity index (χ1v) is 8.11. The van der Waals surface area contributed by atoms with Gasteiger partial charge in [0.25, 0.3) is 0 Å². The quantitative estimate of drug-likeness (QED) is 0.786. The summed E-state index contributed by atoms with van der Waals surface area (Å²) in [5.74, 6) is -0.623. The zero-order chi connectivity index (χ0) is 15.1. The molecule has 0 saturated carbocycles. The Morgan fingerprint density at radius 2 is 1.68 bits per heavy atom. The van der Waals surface area contributed by atoms with Crippen LogP contribution in [0.3, 0.4) is 0 Å². The number of amides is 2. The van der Waals surface area contributed by atoms with Crippen molar-refractivity contribution in [2.24, 2.45) is 0 Å². The summed E-state index contributed by atoms with van der Waals surface area (Å²) in [6, 6.07) is 0. The van der Waals surface area contributed by atoms with Gasteiger partial charge >= 0.3 is 0 Å². The van der Waals surface area contributed by atoms with Crippen LogP contribution in [0.15, 0.2) is 0 Å². The van der Waals surface area contributed by atoms with Crippen molar-refractivity contribution >= 4 is 21.7 Å². The molecule has 6 nitrogen and oxygen atoms in total. The van der Waals surface area contributed by atoms with Crippen LogP contribution in [0.25, 0.3) is 0 Å². The van der Waals surface area contributed by atoms with Crippen LogP contribution in [0.4, 0.5) is 0 Å². The molecule has 7 heteroatoms. The van der Waals surface area contributed by atoms with Gasteiger partial charge in [-0.3, -0.25) is 9.59 Å². The molecule has 0 aromatic carbocycles. The molecule has 0 bridgehead atoms. The number of nitrogens with one attached hydrogen (secondary N) is 1. The van der Waals surface area contributed by atoms with Crippen LogP contribution in [0.5, 0.6) is 0 Å². The Morgan fingerprint density at radius 1 is 1.16 bits per heavy atom. The molecular formula is C12H22N2O4S. The monoisotopic (exact) mass is 290 g/mol. The molecule has 0 spiro atoms. The maximum atomic E-state index is 12.3. The van der Waals surface area contributed by atoms with E-state index in [4.69, 9.17) is 0 Å². The number of carbonyl (C=O) groups excluding carboxylic acids is 2.